The standard InChI is InChI=1S/C22H20N4O3/c27-19-18-10-22(29)14-6-2-4-8-16(14)25-21(22)26(18)20(28)17(24-19)9-12-11-23-15-7-3-1-5-13(12)15/h1-8,11,17-18,21,23,25,29H,9-10H2,(H,24,27)/t17-,18-,21-,22+/m0/s1. The first-order valence-electron chi connectivity index (χ1n) is 9.82. The number of aromatic nitrogens is 1. The van der Waals surface area contributed by atoms with Crippen LogP contribution >= 0.6 is 0 Å². The van der Waals surface area contributed by atoms with Crippen molar-refractivity contribution in [3.05, 3.63) is 65.9 Å². The summed E-state index contributed by atoms with van der Waals surface area (Å²) in [7, 11) is 0. The van der Waals surface area contributed by atoms with Crippen molar-refractivity contribution in [3.8, 4) is 0 Å². The maximum absolute atomic E-state index is 13.4. The second kappa shape index (κ2) is 5.61. The molecule has 29 heavy (non-hydrogen) atoms. The fourth-order valence-corrected chi connectivity index (χ4v) is 5.16. The number of carbonyl (C=O) groups excluding carboxylic acids is 2. The Morgan fingerprint density at radius 1 is 1.07 bits per heavy atom. The van der Waals surface area contributed by atoms with E-state index < -0.39 is 23.9 Å². The number of aromatic amines is 1. The average Bonchev–Trinajstić information content (AvgIpc) is 3.35. The van der Waals surface area contributed by atoms with E-state index in [1.807, 2.05) is 54.7 Å². The second-order valence-corrected chi connectivity index (χ2v) is 8.11. The smallest absolute Gasteiger partial charge is 0.247 e. The van der Waals surface area contributed by atoms with Crippen LogP contribution in [0, 0.1) is 0 Å². The third-order valence-electron chi connectivity index (χ3n) is 6.53. The number of H-pyrrole nitrogens is 1. The molecule has 2 saturated heterocycles. The van der Waals surface area contributed by atoms with Gasteiger partial charge in [-0.15, -0.1) is 0 Å². The minimum atomic E-state index is -1.26. The number of nitrogens with zero attached hydrogens (tertiary/aromatic N) is 1. The monoisotopic (exact) mass is 388 g/mol. The van der Waals surface area contributed by atoms with E-state index in [0.29, 0.717) is 6.42 Å². The van der Waals surface area contributed by atoms with Crippen molar-refractivity contribution in [1.29, 1.82) is 0 Å². The van der Waals surface area contributed by atoms with Crippen molar-refractivity contribution in [2.45, 2.75) is 36.7 Å². The summed E-state index contributed by atoms with van der Waals surface area (Å²) in [5.41, 5.74) is 2.27. The molecule has 3 aliphatic heterocycles. The van der Waals surface area contributed by atoms with E-state index >= 15 is 0 Å². The van der Waals surface area contributed by atoms with Gasteiger partial charge in [0.05, 0.1) is 0 Å². The lowest BCUT2D eigenvalue weighted by atomic mass is 9.91. The average molecular weight is 388 g/mol. The zero-order valence-corrected chi connectivity index (χ0v) is 15.6. The van der Waals surface area contributed by atoms with Gasteiger partial charge in [0.1, 0.15) is 23.9 Å². The van der Waals surface area contributed by atoms with Gasteiger partial charge in [0.25, 0.3) is 0 Å². The van der Waals surface area contributed by atoms with Crippen LogP contribution in [0.25, 0.3) is 10.9 Å². The van der Waals surface area contributed by atoms with Crippen LogP contribution in [0.5, 0.6) is 0 Å². The van der Waals surface area contributed by atoms with Crippen LogP contribution < -0.4 is 10.6 Å². The molecule has 2 fully saturated rings. The van der Waals surface area contributed by atoms with E-state index in [1.54, 1.807) is 4.90 Å². The molecule has 4 N–H and O–H groups in total. The molecule has 0 radical (unpaired) electrons. The van der Waals surface area contributed by atoms with Gasteiger partial charge in [-0.25, -0.2) is 0 Å². The van der Waals surface area contributed by atoms with Crippen molar-refractivity contribution < 1.29 is 14.7 Å². The lowest BCUT2D eigenvalue weighted by Gasteiger charge is -2.37. The van der Waals surface area contributed by atoms with Gasteiger partial charge in [0, 0.05) is 41.2 Å². The molecule has 3 aliphatic rings. The van der Waals surface area contributed by atoms with Crippen molar-refractivity contribution in [1.82, 2.24) is 15.2 Å². The fourth-order valence-electron chi connectivity index (χ4n) is 5.16. The molecule has 0 aliphatic carbocycles. The lowest BCUT2D eigenvalue weighted by molar-refractivity contribution is -0.149. The first-order chi connectivity index (χ1) is 14.1. The van der Waals surface area contributed by atoms with Crippen molar-refractivity contribution in [2.75, 3.05) is 5.32 Å². The summed E-state index contributed by atoms with van der Waals surface area (Å²) in [5.74, 6) is -0.377. The van der Waals surface area contributed by atoms with Crippen LogP contribution in [0.1, 0.15) is 17.5 Å². The number of benzene rings is 2. The maximum atomic E-state index is 13.4. The summed E-state index contributed by atoms with van der Waals surface area (Å²) in [6, 6.07) is 14.1. The van der Waals surface area contributed by atoms with Gasteiger partial charge < -0.3 is 25.6 Å². The fraction of sp³-hybridized carbons (Fsp3) is 0.273. The molecule has 2 aromatic carbocycles. The summed E-state index contributed by atoms with van der Waals surface area (Å²) in [6.07, 6.45) is 1.85. The third kappa shape index (κ3) is 2.16. The largest absolute Gasteiger partial charge is 0.381 e. The molecule has 0 bridgehead atoms. The molecule has 4 heterocycles. The summed E-state index contributed by atoms with van der Waals surface area (Å²) < 4.78 is 0. The van der Waals surface area contributed by atoms with Crippen LogP contribution in [0.4, 0.5) is 5.69 Å². The summed E-state index contributed by atoms with van der Waals surface area (Å²) >= 11 is 0. The molecule has 7 heteroatoms. The minimum Gasteiger partial charge on any atom is -0.381 e. The minimum absolute atomic E-state index is 0.166. The third-order valence-corrected chi connectivity index (χ3v) is 6.53. The summed E-state index contributed by atoms with van der Waals surface area (Å²) in [6.45, 7) is 0. The van der Waals surface area contributed by atoms with Crippen LogP contribution in [0.2, 0.25) is 0 Å². The van der Waals surface area contributed by atoms with Crippen LogP contribution in [-0.2, 0) is 21.6 Å². The number of amides is 2. The van der Waals surface area contributed by atoms with Gasteiger partial charge in [-0.1, -0.05) is 36.4 Å². The second-order valence-electron chi connectivity index (χ2n) is 8.11. The Morgan fingerprint density at radius 3 is 2.76 bits per heavy atom. The van der Waals surface area contributed by atoms with Crippen molar-refractivity contribution in [2.24, 2.45) is 0 Å². The van der Waals surface area contributed by atoms with Gasteiger partial charge >= 0.3 is 0 Å². The first kappa shape index (κ1) is 16.6. The topological polar surface area (TPSA) is 97.5 Å². The molecular weight excluding hydrogens is 368 g/mol. The molecule has 0 spiro atoms. The molecule has 4 atom stereocenters. The highest BCUT2D eigenvalue weighted by atomic mass is 16.3. The first-order valence-corrected chi connectivity index (χ1v) is 9.82. The van der Waals surface area contributed by atoms with Crippen LogP contribution in [0.3, 0.4) is 0 Å². The Labute approximate surface area is 166 Å². The Hall–Kier alpha value is -3.32. The molecule has 2 amide bonds. The maximum Gasteiger partial charge on any atom is 0.247 e. The predicted octanol–water partition coefficient (Wildman–Crippen LogP) is 1.45. The van der Waals surface area contributed by atoms with Crippen molar-refractivity contribution in [3.63, 3.8) is 0 Å². The van der Waals surface area contributed by atoms with Gasteiger partial charge in [-0.3, -0.25) is 9.59 Å². The van der Waals surface area contributed by atoms with Crippen molar-refractivity contribution >= 4 is 28.4 Å². The van der Waals surface area contributed by atoms with Gasteiger partial charge in [-0.05, 0) is 17.7 Å². The van der Waals surface area contributed by atoms with Crippen LogP contribution in [-0.4, -0.2) is 45.1 Å². The number of hydrogen-bond donors (Lipinski definition) is 4. The molecule has 0 saturated carbocycles. The zero-order valence-electron chi connectivity index (χ0n) is 15.6. The zero-order chi connectivity index (χ0) is 19.8. The summed E-state index contributed by atoms with van der Waals surface area (Å²) in [5, 5.41) is 18.6. The quantitative estimate of drug-likeness (QED) is 0.534. The molecule has 3 aromatic rings. The van der Waals surface area contributed by atoms with E-state index in [4.69, 9.17) is 0 Å². The molecule has 0 unspecified atom stereocenters. The number of rotatable bonds is 2. The number of nitrogens with one attached hydrogen (secondary N) is 3. The molecular formula is C22H20N4O3. The van der Waals surface area contributed by atoms with E-state index in [2.05, 4.69) is 15.6 Å². The Morgan fingerprint density at radius 2 is 1.86 bits per heavy atom. The van der Waals surface area contributed by atoms with Gasteiger partial charge in [-0.2, -0.15) is 0 Å². The van der Waals surface area contributed by atoms with E-state index in [-0.39, 0.29) is 18.2 Å². The van der Waals surface area contributed by atoms with E-state index in [9.17, 15) is 14.7 Å². The number of fused-ring (bicyclic) bond motifs is 6. The Balaban J connectivity index is 1.34. The van der Waals surface area contributed by atoms with Gasteiger partial charge in [0.15, 0.2) is 0 Å². The lowest BCUT2D eigenvalue weighted by Crippen LogP contribution is -2.64. The number of carbonyl (C=O) groups is 2. The normalized spacial score (nSPS) is 30.0. The molecule has 146 valence electrons. The van der Waals surface area contributed by atoms with Gasteiger partial charge in [0.2, 0.25) is 11.8 Å². The van der Waals surface area contributed by atoms with E-state index in [0.717, 1.165) is 27.7 Å². The highest BCUT2D eigenvalue weighted by Gasteiger charge is 2.62. The number of anilines is 1. The molecule has 6 rings (SSSR count). The number of aliphatic hydroxyl groups is 1. The number of para-hydroxylation sites is 2. The van der Waals surface area contributed by atoms with Crippen LogP contribution in [0.15, 0.2) is 54.7 Å². The SMILES string of the molecule is O=C1N[C@@H](Cc2c[nH]c3ccccc23)C(=O)N2[C@H]1C[C@@]1(O)c3ccccc3N[C@@H]21. The predicted molar refractivity (Wildman–Crippen MR) is 107 cm³/mol. The highest BCUT2D eigenvalue weighted by Crippen LogP contribution is 2.50. The number of piperazine rings is 1. The van der Waals surface area contributed by atoms with E-state index in [1.165, 1.54) is 0 Å². The molecule has 1 aromatic heterocycles. The highest BCUT2D eigenvalue weighted by molar-refractivity contribution is 5.99. The molecule has 7 nitrogen and oxygen atoms in total. The Kier molecular flexibility index (Phi) is 3.21. The number of hydrogen-bond acceptors (Lipinski definition) is 4. The summed E-state index contributed by atoms with van der Waals surface area (Å²) in [4.78, 5) is 31.0. The Bertz CT molecular complexity index is 1170.